The Morgan fingerprint density at radius 3 is 2.65 bits per heavy atom. The van der Waals surface area contributed by atoms with Crippen LogP contribution in [0.25, 0.3) is 0 Å². The van der Waals surface area contributed by atoms with Gasteiger partial charge in [0.25, 0.3) is 11.7 Å². The standard InChI is InChI=1S/C20H18ClNO4/c21-13-3-5-15-12(9-13)10-18(24-15)19(23)22-14-4-6-16-17(11-14)26-20(25-16)7-1-2-8-20/h3-6,9,11,18H,1-2,7-8,10H2,(H,22,23)/t18-/m0/s1. The Morgan fingerprint density at radius 2 is 1.81 bits per heavy atom. The number of hydrogen-bond acceptors (Lipinski definition) is 4. The molecule has 2 heterocycles. The van der Waals surface area contributed by atoms with Crippen molar-refractivity contribution >= 4 is 23.2 Å². The molecule has 1 N–H and O–H groups in total. The first-order valence-electron chi connectivity index (χ1n) is 8.88. The minimum absolute atomic E-state index is 0.188. The first-order chi connectivity index (χ1) is 12.6. The summed E-state index contributed by atoms with van der Waals surface area (Å²) in [4.78, 5) is 12.6. The van der Waals surface area contributed by atoms with E-state index in [2.05, 4.69) is 5.32 Å². The van der Waals surface area contributed by atoms with E-state index in [0.29, 0.717) is 28.6 Å². The smallest absolute Gasteiger partial charge is 0.265 e. The van der Waals surface area contributed by atoms with Crippen molar-refractivity contribution in [3.8, 4) is 17.2 Å². The van der Waals surface area contributed by atoms with Gasteiger partial charge in [-0.05, 0) is 48.7 Å². The van der Waals surface area contributed by atoms with Crippen LogP contribution in [0.3, 0.4) is 0 Å². The van der Waals surface area contributed by atoms with E-state index in [1.54, 1.807) is 12.1 Å². The van der Waals surface area contributed by atoms with Gasteiger partial charge in [0, 0.05) is 36.0 Å². The Balaban J connectivity index is 1.29. The largest absolute Gasteiger partial charge is 0.480 e. The maximum Gasteiger partial charge on any atom is 0.265 e. The van der Waals surface area contributed by atoms with Gasteiger partial charge in [-0.25, -0.2) is 0 Å². The number of anilines is 1. The molecule has 2 aromatic rings. The molecule has 2 aliphatic heterocycles. The predicted molar refractivity (Wildman–Crippen MR) is 97.1 cm³/mol. The van der Waals surface area contributed by atoms with E-state index in [1.165, 1.54) is 0 Å². The van der Waals surface area contributed by atoms with Crippen molar-refractivity contribution in [2.75, 3.05) is 5.32 Å². The topological polar surface area (TPSA) is 56.8 Å². The van der Waals surface area contributed by atoms with Gasteiger partial charge in [-0.3, -0.25) is 4.79 Å². The summed E-state index contributed by atoms with van der Waals surface area (Å²) >= 11 is 6.00. The highest BCUT2D eigenvalue weighted by molar-refractivity contribution is 6.30. The zero-order chi connectivity index (χ0) is 17.7. The van der Waals surface area contributed by atoms with E-state index in [-0.39, 0.29) is 5.91 Å². The molecule has 3 aliphatic rings. The van der Waals surface area contributed by atoms with E-state index in [0.717, 1.165) is 37.0 Å². The van der Waals surface area contributed by atoms with Gasteiger partial charge in [0.15, 0.2) is 17.6 Å². The molecule has 5 nitrogen and oxygen atoms in total. The lowest BCUT2D eigenvalue weighted by Gasteiger charge is -2.21. The van der Waals surface area contributed by atoms with Crippen molar-refractivity contribution in [3.05, 3.63) is 47.0 Å². The molecule has 1 atom stereocenters. The summed E-state index contributed by atoms with van der Waals surface area (Å²) < 4.78 is 17.8. The summed E-state index contributed by atoms with van der Waals surface area (Å²) in [5.74, 6) is 1.45. The number of benzene rings is 2. The molecule has 1 aliphatic carbocycles. The van der Waals surface area contributed by atoms with Gasteiger partial charge in [-0.1, -0.05) is 11.6 Å². The molecule has 26 heavy (non-hydrogen) atoms. The van der Waals surface area contributed by atoms with Crippen molar-refractivity contribution in [1.82, 2.24) is 0 Å². The molecule has 1 fully saturated rings. The number of hydrogen-bond donors (Lipinski definition) is 1. The van der Waals surface area contributed by atoms with Crippen LogP contribution >= 0.6 is 11.6 Å². The zero-order valence-electron chi connectivity index (χ0n) is 14.1. The quantitative estimate of drug-likeness (QED) is 0.854. The van der Waals surface area contributed by atoms with Gasteiger partial charge < -0.3 is 19.5 Å². The lowest BCUT2D eigenvalue weighted by Crippen LogP contribution is -2.34. The summed E-state index contributed by atoms with van der Waals surface area (Å²) in [6.07, 6.45) is 3.98. The minimum atomic E-state index is -0.560. The van der Waals surface area contributed by atoms with Crippen LogP contribution in [-0.4, -0.2) is 17.8 Å². The van der Waals surface area contributed by atoms with Crippen molar-refractivity contribution < 1.29 is 19.0 Å². The number of amides is 1. The Kier molecular flexibility index (Phi) is 3.54. The SMILES string of the molecule is O=C(Nc1ccc2c(c1)OC1(CCCC1)O2)[C@@H]1Cc2cc(Cl)ccc2O1. The lowest BCUT2D eigenvalue weighted by molar-refractivity contribution is -0.122. The summed E-state index contributed by atoms with van der Waals surface area (Å²) in [5.41, 5.74) is 1.62. The number of carbonyl (C=O) groups is 1. The van der Waals surface area contributed by atoms with Crippen LogP contribution in [0.5, 0.6) is 17.2 Å². The lowest BCUT2D eigenvalue weighted by atomic mass is 10.1. The summed E-state index contributed by atoms with van der Waals surface area (Å²) in [6, 6.07) is 10.9. The monoisotopic (exact) mass is 371 g/mol. The minimum Gasteiger partial charge on any atom is -0.480 e. The number of fused-ring (bicyclic) bond motifs is 2. The summed E-state index contributed by atoms with van der Waals surface area (Å²) in [5, 5.41) is 3.55. The maximum atomic E-state index is 12.6. The average molecular weight is 372 g/mol. The van der Waals surface area contributed by atoms with Crippen LogP contribution in [0, 0.1) is 0 Å². The van der Waals surface area contributed by atoms with Gasteiger partial charge >= 0.3 is 0 Å². The van der Waals surface area contributed by atoms with Crippen molar-refractivity contribution in [1.29, 1.82) is 0 Å². The molecule has 6 heteroatoms. The van der Waals surface area contributed by atoms with Gasteiger partial charge in [-0.15, -0.1) is 0 Å². The molecule has 0 unspecified atom stereocenters. The fourth-order valence-corrected chi connectivity index (χ4v) is 4.07. The van der Waals surface area contributed by atoms with Gasteiger partial charge in [0.2, 0.25) is 0 Å². The Hall–Kier alpha value is -2.40. The van der Waals surface area contributed by atoms with Crippen LogP contribution in [-0.2, 0) is 11.2 Å². The molecule has 0 aromatic heterocycles. The number of carbonyl (C=O) groups excluding carboxylic acids is 1. The molecule has 5 rings (SSSR count). The molecule has 0 bridgehead atoms. The second-order valence-corrected chi connectivity index (χ2v) is 7.47. The Labute approximate surface area is 156 Å². The first-order valence-corrected chi connectivity index (χ1v) is 9.26. The fourth-order valence-electron chi connectivity index (χ4n) is 3.88. The van der Waals surface area contributed by atoms with Gasteiger partial charge in [0.1, 0.15) is 5.75 Å². The average Bonchev–Trinajstić information content (AvgIpc) is 3.32. The van der Waals surface area contributed by atoms with Crippen molar-refractivity contribution in [3.63, 3.8) is 0 Å². The number of nitrogens with one attached hydrogen (secondary N) is 1. The fraction of sp³-hybridized carbons (Fsp3) is 0.350. The van der Waals surface area contributed by atoms with Gasteiger partial charge in [0.05, 0.1) is 0 Å². The summed E-state index contributed by atoms with van der Waals surface area (Å²) in [6.45, 7) is 0. The second kappa shape index (κ2) is 5.81. The van der Waals surface area contributed by atoms with E-state index >= 15 is 0 Å². The Morgan fingerprint density at radius 1 is 1.04 bits per heavy atom. The molecule has 1 amide bonds. The van der Waals surface area contributed by atoms with E-state index < -0.39 is 11.9 Å². The van der Waals surface area contributed by atoms with Crippen LogP contribution in [0.4, 0.5) is 5.69 Å². The second-order valence-electron chi connectivity index (χ2n) is 7.04. The molecular weight excluding hydrogens is 354 g/mol. The van der Waals surface area contributed by atoms with E-state index in [9.17, 15) is 4.79 Å². The third-order valence-electron chi connectivity index (χ3n) is 5.16. The number of rotatable bonds is 2. The van der Waals surface area contributed by atoms with Gasteiger partial charge in [-0.2, -0.15) is 0 Å². The van der Waals surface area contributed by atoms with Crippen LogP contribution in [0.2, 0.25) is 5.02 Å². The third-order valence-corrected chi connectivity index (χ3v) is 5.39. The number of ether oxygens (including phenoxy) is 3. The molecule has 1 saturated carbocycles. The van der Waals surface area contributed by atoms with Crippen molar-refractivity contribution in [2.24, 2.45) is 0 Å². The molecule has 0 radical (unpaired) electrons. The van der Waals surface area contributed by atoms with Crippen LogP contribution in [0.1, 0.15) is 31.2 Å². The highest BCUT2D eigenvalue weighted by Gasteiger charge is 2.44. The van der Waals surface area contributed by atoms with Crippen molar-refractivity contribution in [2.45, 2.75) is 44.0 Å². The molecule has 0 saturated heterocycles. The zero-order valence-corrected chi connectivity index (χ0v) is 14.8. The van der Waals surface area contributed by atoms with E-state index in [4.69, 9.17) is 25.8 Å². The molecule has 2 aromatic carbocycles. The summed E-state index contributed by atoms with van der Waals surface area (Å²) in [7, 11) is 0. The highest BCUT2D eigenvalue weighted by Crippen LogP contribution is 2.47. The highest BCUT2D eigenvalue weighted by atomic mass is 35.5. The van der Waals surface area contributed by atoms with E-state index in [1.807, 2.05) is 24.3 Å². The third kappa shape index (κ3) is 2.67. The van der Waals surface area contributed by atoms with Crippen LogP contribution in [0.15, 0.2) is 36.4 Å². The number of halogens is 1. The van der Waals surface area contributed by atoms with Crippen LogP contribution < -0.4 is 19.5 Å². The normalized spacial score (nSPS) is 21.5. The predicted octanol–water partition coefficient (Wildman–Crippen LogP) is 4.32. The Bertz CT molecular complexity index is 891. The molecule has 134 valence electrons. The molecular formula is C20H18ClNO4. The molecule has 1 spiro atoms. The first kappa shape index (κ1) is 15.8. The maximum absolute atomic E-state index is 12.6.